The first-order chi connectivity index (χ1) is 11.9. The van der Waals surface area contributed by atoms with Gasteiger partial charge >= 0.3 is 5.97 Å². The number of fused-ring (bicyclic) bond motifs is 1. The highest BCUT2D eigenvalue weighted by molar-refractivity contribution is 5.87. The largest absolute Gasteiger partial charge is 0.480 e. The van der Waals surface area contributed by atoms with E-state index >= 15 is 0 Å². The third-order valence-electron chi connectivity index (χ3n) is 4.54. The molecule has 3 rings (SSSR count). The number of hydrogen-bond donors (Lipinski definition) is 2. The van der Waals surface area contributed by atoms with Crippen LogP contribution in [0.25, 0.3) is 0 Å². The lowest BCUT2D eigenvalue weighted by molar-refractivity contribution is -0.142. The molecule has 1 unspecified atom stereocenters. The van der Waals surface area contributed by atoms with Crippen molar-refractivity contribution in [3.05, 3.63) is 64.7 Å². The van der Waals surface area contributed by atoms with Crippen molar-refractivity contribution >= 4 is 11.9 Å². The number of amides is 1. The summed E-state index contributed by atoms with van der Waals surface area (Å²) in [7, 11) is 0. The normalized spacial score (nSPS) is 16.6. The summed E-state index contributed by atoms with van der Waals surface area (Å²) in [6.45, 7) is 4.01. The van der Waals surface area contributed by atoms with Gasteiger partial charge in [0.1, 0.15) is 11.8 Å². The van der Waals surface area contributed by atoms with Gasteiger partial charge in [-0.2, -0.15) is 0 Å². The number of benzene rings is 2. The van der Waals surface area contributed by atoms with E-state index in [9.17, 15) is 14.7 Å². The van der Waals surface area contributed by atoms with E-state index in [1.54, 1.807) is 0 Å². The zero-order chi connectivity index (χ0) is 18.0. The maximum absolute atomic E-state index is 12.5. The van der Waals surface area contributed by atoms with E-state index in [0.29, 0.717) is 12.2 Å². The van der Waals surface area contributed by atoms with Crippen molar-refractivity contribution in [2.45, 2.75) is 38.8 Å². The summed E-state index contributed by atoms with van der Waals surface area (Å²) in [5.41, 5.74) is 4.10. The first-order valence-corrected chi connectivity index (χ1v) is 8.28. The molecule has 5 heteroatoms. The molecule has 0 fully saturated rings. The quantitative estimate of drug-likeness (QED) is 0.877. The molecule has 0 aliphatic carbocycles. The number of aliphatic carboxylic acids is 1. The Labute approximate surface area is 146 Å². The van der Waals surface area contributed by atoms with Crippen molar-refractivity contribution in [1.82, 2.24) is 5.32 Å². The van der Waals surface area contributed by atoms with Gasteiger partial charge in [0, 0.05) is 12.8 Å². The summed E-state index contributed by atoms with van der Waals surface area (Å²) in [5, 5.41) is 12.0. The Morgan fingerprint density at radius 2 is 1.88 bits per heavy atom. The summed E-state index contributed by atoms with van der Waals surface area (Å²) in [4.78, 5) is 24.0. The Bertz CT molecular complexity index is 770. The van der Waals surface area contributed by atoms with Crippen molar-refractivity contribution in [3.63, 3.8) is 0 Å². The molecule has 0 saturated carbocycles. The van der Waals surface area contributed by atoms with E-state index in [2.05, 4.69) is 5.32 Å². The summed E-state index contributed by atoms with van der Waals surface area (Å²) in [6.07, 6.45) is 0.00793. The summed E-state index contributed by atoms with van der Waals surface area (Å²) < 4.78 is 5.73. The van der Waals surface area contributed by atoms with Crippen LogP contribution >= 0.6 is 0 Å². The van der Waals surface area contributed by atoms with Gasteiger partial charge in [-0.15, -0.1) is 0 Å². The van der Waals surface area contributed by atoms with Gasteiger partial charge < -0.3 is 15.2 Å². The van der Waals surface area contributed by atoms with Crippen molar-refractivity contribution in [1.29, 1.82) is 0 Å². The number of hydrogen-bond acceptors (Lipinski definition) is 3. The molecule has 0 aromatic heterocycles. The summed E-state index contributed by atoms with van der Waals surface area (Å²) in [6, 6.07) is 12.2. The highest BCUT2D eigenvalue weighted by atomic mass is 16.5. The second-order valence-electron chi connectivity index (χ2n) is 6.44. The molecule has 1 aliphatic heterocycles. The van der Waals surface area contributed by atoms with Gasteiger partial charge in [0.25, 0.3) is 5.91 Å². The molecule has 0 radical (unpaired) electrons. The Morgan fingerprint density at radius 1 is 1.20 bits per heavy atom. The van der Waals surface area contributed by atoms with Gasteiger partial charge in [0.05, 0.1) is 0 Å². The minimum absolute atomic E-state index is 0.236. The average molecular weight is 339 g/mol. The van der Waals surface area contributed by atoms with Gasteiger partial charge in [0.2, 0.25) is 0 Å². The number of nitrogens with one attached hydrogen (secondary N) is 1. The van der Waals surface area contributed by atoms with Crippen molar-refractivity contribution in [2.75, 3.05) is 0 Å². The fourth-order valence-corrected chi connectivity index (χ4v) is 2.97. The Kier molecular flexibility index (Phi) is 4.74. The predicted octanol–water partition coefficient (Wildman–Crippen LogP) is 2.42. The molecular formula is C20H21NO4. The van der Waals surface area contributed by atoms with Crippen LogP contribution in [0.4, 0.5) is 0 Å². The van der Waals surface area contributed by atoms with Crippen LogP contribution < -0.4 is 10.1 Å². The standard InChI is InChI=1S/C20H21NO4/c1-12-8-15-11-18(25-17(15)9-13(12)2)19(22)21-16(20(23)24)10-14-6-4-3-5-7-14/h3-9,16,18H,10-11H2,1-2H3,(H,21,22)(H,23,24)/t16-,18?/m0/s1. The molecule has 1 amide bonds. The van der Waals surface area contributed by atoms with E-state index in [4.69, 9.17) is 4.74 Å². The molecule has 2 aromatic carbocycles. The molecule has 2 N–H and O–H groups in total. The smallest absolute Gasteiger partial charge is 0.326 e. The zero-order valence-corrected chi connectivity index (χ0v) is 14.3. The number of ether oxygens (including phenoxy) is 1. The highest BCUT2D eigenvalue weighted by Gasteiger charge is 2.32. The fraction of sp³-hybridized carbons (Fsp3) is 0.300. The molecule has 0 spiro atoms. The second kappa shape index (κ2) is 6.97. The number of rotatable bonds is 5. The predicted molar refractivity (Wildman–Crippen MR) is 93.7 cm³/mol. The van der Waals surface area contributed by atoms with E-state index in [-0.39, 0.29) is 6.42 Å². The third-order valence-corrected chi connectivity index (χ3v) is 4.54. The van der Waals surface area contributed by atoms with Crippen LogP contribution in [0.3, 0.4) is 0 Å². The Morgan fingerprint density at radius 3 is 2.56 bits per heavy atom. The van der Waals surface area contributed by atoms with Gasteiger partial charge in [-0.1, -0.05) is 36.4 Å². The fourth-order valence-electron chi connectivity index (χ4n) is 2.97. The van der Waals surface area contributed by atoms with Crippen LogP contribution in [-0.2, 0) is 22.4 Å². The summed E-state index contributed by atoms with van der Waals surface area (Å²) in [5.74, 6) is -0.743. The van der Waals surface area contributed by atoms with Crippen molar-refractivity contribution in [2.24, 2.45) is 0 Å². The zero-order valence-electron chi connectivity index (χ0n) is 14.3. The number of carbonyl (C=O) groups is 2. The van der Waals surface area contributed by atoms with Crippen LogP contribution in [0.1, 0.15) is 22.3 Å². The lowest BCUT2D eigenvalue weighted by Crippen LogP contribution is -2.47. The maximum atomic E-state index is 12.5. The van der Waals surface area contributed by atoms with E-state index < -0.39 is 24.0 Å². The number of carboxylic acids is 1. The van der Waals surface area contributed by atoms with Crippen molar-refractivity contribution in [3.8, 4) is 5.75 Å². The van der Waals surface area contributed by atoms with E-state index in [1.807, 2.05) is 56.3 Å². The van der Waals surface area contributed by atoms with E-state index in [0.717, 1.165) is 22.3 Å². The highest BCUT2D eigenvalue weighted by Crippen LogP contribution is 2.31. The molecular weight excluding hydrogens is 318 g/mol. The first kappa shape index (κ1) is 17.0. The molecule has 1 heterocycles. The minimum Gasteiger partial charge on any atom is -0.480 e. The van der Waals surface area contributed by atoms with Gasteiger partial charge in [-0.05, 0) is 42.2 Å². The van der Waals surface area contributed by atoms with Gasteiger partial charge in [-0.25, -0.2) is 4.79 Å². The lowest BCUT2D eigenvalue weighted by atomic mass is 10.0. The topological polar surface area (TPSA) is 75.6 Å². The number of aryl methyl sites for hydroxylation is 2. The third kappa shape index (κ3) is 3.82. The van der Waals surface area contributed by atoms with E-state index in [1.165, 1.54) is 0 Å². The lowest BCUT2D eigenvalue weighted by Gasteiger charge is -2.17. The monoisotopic (exact) mass is 339 g/mol. The molecule has 130 valence electrons. The Balaban J connectivity index is 1.67. The molecule has 5 nitrogen and oxygen atoms in total. The minimum atomic E-state index is -1.06. The van der Waals surface area contributed by atoms with Crippen molar-refractivity contribution < 1.29 is 19.4 Å². The van der Waals surface area contributed by atoms with Crippen LogP contribution in [-0.4, -0.2) is 29.1 Å². The molecule has 0 saturated heterocycles. The van der Waals surface area contributed by atoms with Crippen LogP contribution in [0, 0.1) is 13.8 Å². The number of carbonyl (C=O) groups excluding carboxylic acids is 1. The van der Waals surface area contributed by atoms with Crippen LogP contribution in [0.2, 0.25) is 0 Å². The summed E-state index contributed by atoms with van der Waals surface area (Å²) >= 11 is 0. The SMILES string of the molecule is Cc1cc2c(cc1C)OC(C(=O)N[C@@H](Cc1ccccc1)C(=O)O)C2. The molecule has 1 aliphatic rings. The molecule has 2 aromatic rings. The molecule has 2 atom stereocenters. The van der Waals surface area contributed by atoms with Crippen LogP contribution in [0.15, 0.2) is 42.5 Å². The first-order valence-electron chi connectivity index (χ1n) is 8.28. The maximum Gasteiger partial charge on any atom is 0.326 e. The van der Waals surface area contributed by atoms with Crippen LogP contribution in [0.5, 0.6) is 5.75 Å². The van der Waals surface area contributed by atoms with Gasteiger partial charge in [-0.3, -0.25) is 4.79 Å². The average Bonchev–Trinajstić information content (AvgIpc) is 2.98. The Hall–Kier alpha value is -2.82. The second-order valence-corrected chi connectivity index (χ2v) is 6.44. The molecule has 0 bridgehead atoms. The number of carboxylic acid groups (broad SMARTS) is 1. The molecule has 25 heavy (non-hydrogen) atoms. The van der Waals surface area contributed by atoms with Gasteiger partial charge in [0.15, 0.2) is 6.10 Å².